The largest absolute Gasteiger partial charge is 0.489 e. The van der Waals surface area contributed by atoms with E-state index in [1.54, 1.807) is 18.2 Å². The lowest BCUT2D eigenvalue weighted by Crippen LogP contribution is -2.32. The Morgan fingerprint density at radius 2 is 2.10 bits per heavy atom. The quantitative estimate of drug-likeness (QED) is 0.723. The van der Waals surface area contributed by atoms with Gasteiger partial charge in [-0.25, -0.2) is 4.79 Å². The van der Waals surface area contributed by atoms with Gasteiger partial charge in [0, 0.05) is 18.8 Å². The van der Waals surface area contributed by atoms with Crippen LogP contribution in [0.25, 0.3) is 0 Å². The zero-order chi connectivity index (χ0) is 15.8. The number of carbonyl (C=O) groups is 1. The van der Waals surface area contributed by atoms with Gasteiger partial charge in [0.1, 0.15) is 5.75 Å². The molecule has 0 saturated heterocycles. The van der Waals surface area contributed by atoms with Crippen molar-refractivity contribution in [3.05, 3.63) is 23.2 Å². The van der Waals surface area contributed by atoms with E-state index in [4.69, 9.17) is 21.4 Å². The summed E-state index contributed by atoms with van der Waals surface area (Å²) in [6.07, 6.45) is 0.700. The number of hydrogen-bond donors (Lipinski definition) is 3. The highest BCUT2D eigenvalue weighted by Crippen LogP contribution is 2.28. The molecule has 5 nitrogen and oxygen atoms in total. The number of amides is 2. The van der Waals surface area contributed by atoms with Crippen molar-refractivity contribution in [2.24, 2.45) is 5.92 Å². The zero-order valence-electron chi connectivity index (χ0n) is 12.6. The monoisotopic (exact) mass is 314 g/mol. The van der Waals surface area contributed by atoms with E-state index < -0.39 is 0 Å². The molecule has 0 spiro atoms. The van der Waals surface area contributed by atoms with Crippen LogP contribution >= 0.6 is 11.6 Å². The van der Waals surface area contributed by atoms with E-state index in [0.717, 1.165) is 0 Å². The van der Waals surface area contributed by atoms with Crippen LogP contribution in [0, 0.1) is 5.92 Å². The minimum absolute atomic E-state index is 0.0395. The number of halogens is 1. The molecule has 0 aliphatic carbocycles. The Morgan fingerprint density at radius 1 is 1.38 bits per heavy atom. The molecule has 0 heterocycles. The molecule has 1 aromatic rings. The number of anilines is 1. The van der Waals surface area contributed by atoms with Crippen LogP contribution in [0.2, 0.25) is 5.02 Å². The number of carbonyl (C=O) groups excluding carboxylic acids is 1. The third-order valence-corrected chi connectivity index (χ3v) is 3.08. The maximum atomic E-state index is 11.7. The number of aliphatic hydroxyl groups is 1. The molecule has 0 aliphatic heterocycles. The van der Waals surface area contributed by atoms with Crippen molar-refractivity contribution in [1.29, 1.82) is 0 Å². The number of rotatable bonds is 7. The van der Waals surface area contributed by atoms with Crippen LogP contribution < -0.4 is 15.4 Å². The van der Waals surface area contributed by atoms with Crippen LogP contribution in [0.5, 0.6) is 5.75 Å². The normalized spacial score (nSPS) is 12.1. The first kappa shape index (κ1) is 17.6. The number of urea groups is 1. The number of ether oxygens (including phenoxy) is 1. The van der Waals surface area contributed by atoms with Crippen LogP contribution in [0.4, 0.5) is 10.5 Å². The molecule has 0 fully saturated rings. The van der Waals surface area contributed by atoms with Gasteiger partial charge in [0.2, 0.25) is 0 Å². The standard InChI is InChI=1S/C15H23ClN2O3/c1-10(2)21-14-5-4-12(8-13(14)16)18-15(20)17-9-11(3)6-7-19/h4-5,8,10-11,19H,6-7,9H2,1-3H3,(H2,17,18,20). The molecule has 1 unspecified atom stereocenters. The minimum Gasteiger partial charge on any atom is -0.489 e. The van der Waals surface area contributed by atoms with Crippen molar-refractivity contribution in [2.75, 3.05) is 18.5 Å². The number of nitrogens with one attached hydrogen (secondary N) is 2. The Morgan fingerprint density at radius 3 is 2.67 bits per heavy atom. The highest BCUT2D eigenvalue weighted by Gasteiger charge is 2.08. The molecule has 1 atom stereocenters. The second kappa shape index (κ2) is 8.74. The summed E-state index contributed by atoms with van der Waals surface area (Å²) in [6, 6.07) is 4.82. The van der Waals surface area contributed by atoms with Gasteiger partial charge in [0.25, 0.3) is 0 Å². The molecule has 6 heteroatoms. The molecule has 0 aliphatic rings. The van der Waals surface area contributed by atoms with Gasteiger partial charge in [0.15, 0.2) is 0 Å². The number of hydrogen-bond acceptors (Lipinski definition) is 3. The predicted molar refractivity (Wildman–Crippen MR) is 85.1 cm³/mol. The Hall–Kier alpha value is -1.46. The molecule has 0 radical (unpaired) electrons. The first-order chi connectivity index (χ1) is 9.92. The first-order valence-electron chi connectivity index (χ1n) is 7.04. The molecule has 1 aromatic carbocycles. The average Bonchev–Trinajstić information content (AvgIpc) is 2.39. The van der Waals surface area contributed by atoms with Crippen LogP contribution in [0.15, 0.2) is 18.2 Å². The molecule has 21 heavy (non-hydrogen) atoms. The van der Waals surface area contributed by atoms with Gasteiger partial charge < -0.3 is 20.5 Å². The Bertz CT molecular complexity index is 466. The Labute approximate surface area is 130 Å². The van der Waals surface area contributed by atoms with Crippen molar-refractivity contribution >= 4 is 23.3 Å². The van der Waals surface area contributed by atoms with Gasteiger partial charge in [-0.05, 0) is 44.4 Å². The molecule has 2 amide bonds. The van der Waals surface area contributed by atoms with Crippen molar-refractivity contribution in [2.45, 2.75) is 33.3 Å². The molecule has 118 valence electrons. The van der Waals surface area contributed by atoms with Crippen LogP contribution in [0.3, 0.4) is 0 Å². The molecule has 0 aromatic heterocycles. The average molecular weight is 315 g/mol. The highest BCUT2D eigenvalue weighted by molar-refractivity contribution is 6.32. The summed E-state index contributed by atoms with van der Waals surface area (Å²) >= 11 is 6.10. The lowest BCUT2D eigenvalue weighted by Gasteiger charge is -2.14. The lowest BCUT2D eigenvalue weighted by atomic mass is 10.1. The topological polar surface area (TPSA) is 70.6 Å². The fraction of sp³-hybridized carbons (Fsp3) is 0.533. The van der Waals surface area contributed by atoms with Gasteiger partial charge in [-0.3, -0.25) is 0 Å². The van der Waals surface area contributed by atoms with Crippen molar-refractivity contribution in [1.82, 2.24) is 5.32 Å². The SMILES string of the molecule is CC(CCO)CNC(=O)Nc1ccc(OC(C)C)c(Cl)c1. The van der Waals surface area contributed by atoms with E-state index in [0.29, 0.717) is 29.4 Å². The highest BCUT2D eigenvalue weighted by atomic mass is 35.5. The van der Waals surface area contributed by atoms with Gasteiger partial charge >= 0.3 is 6.03 Å². The van der Waals surface area contributed by atoms with Crippen molar-refractivity contribution < 1.29 is 14.6 Å². The van der Waals surface area contributed by atoms with Crippen LogP contribution in [-0.2, 0) is 0 Å². The predicted octanol–water partition coefficient (Wildman–Crippen LogP) is 3.27. The summed E-state index contributed by atoms with van der Waals surface area (Å²) in [5.41, 5.74) is 0.600. The third-order valence-electron chi connectivity index (χ3n) is 2.79. The summed E-state index contributed by atoms with van der Waals surface area (Å²) < 4.78 is 5.53. The summed E-state index contributed by atoms with van der Waals surface area (Å²) in [4.78, 5) is 11.7. The Balaban J connectivity index is 2.51. The second-order valence-corrected chi connectivity index (χ2v) is 5.67. The second-order valence-electron chi connectivity index (χ2n) is 5.26. The molecular formula is C15H23ClN2O3. The van der Waals surface area contributed by atoms with Crippen LogP contribution in [-0.4, -0.2) is 30.4 Å². The van der Waals surface area contributed by atoms with E-state index in [1.807, 2.05) is 20.8 Å². The lowest BCUT2D eigenvalue weighted by molar-refractivity contribution is 0.242. The molecule has 1 rings (SSSR count). The molecular weight excluding hydrogens is 292 g/mol. The minimum atomic E-state index is -0.298. The van der Waals surface area contributed by atoms with E-state index in [2.05, 4.69) is 10.6 Å². The van der Waals surface area contributed by atoms with E-state index in [9.17, 15) is 4.79 Å². The maximum absolute atomic E-state index is 11.7. The smallest absolute Gasteiger partial charge is 0.319 e. The van der Waals surface area contributed by atoms with Gasteiger partial charge in [-0.15, -0.1) is 0 Å². The third kappa shape index (κ3) is 6.69. The van der Waals surface area contributed by atoms with Gasteiger partial charge in [-0.2, -0.15) is 0 Å². The number of aliphatic hydroxyl groups excluding tert-OH is 1. The molecule has 3 N–H and O–H groups in total. The molecule has 0 bridgehead atoms. The van der Waals surface area contributed by atoms with Crippen LogP contribution in [0.1, 0.15) is 27.2 Å². The summed E-state index contributed by atoms with van der Waals surface area (Å²) in [7, 11) is 0. The maximum Gasteiger partial charge on any atom is 0.319 e. The van der Waals surface area contributed by atoms with E-state index in [1.165, 1.54) is 0 Å². The first-order valence-corrected chi connectivity index (χ1v) is 7.42. The molecule has 0 saturated carbocycles. The van der Waals surface area contributed by atoms with E-state index in [-0.39, 0.29) is 24.7 Å². The van der Waals surface area contributed by atoms with E-state index >= 15 is 0 Å². The Kier molecular flexibility index (Phi) is 7.32. The van der Waals surface area contributed by atoms with Crippen molar-refractivity contribution in [3.63, 3.8) is 0 Å². The summed E-state index contributed by atoms with van der Waals surface area (Å²) in [5.74, 6) is 0.820. The number of benzene rings is 1. The zero-order valence-corrected chi connectivity index (χ0v) is 13.4. The van der Waals surface area contributed by atoms with Gasteiger partial charge in [-0.1, -0.05) is 18.5 Å². The van der Waals surface area contributed by atoms with Crippen molar-refractivity contribution in [3.8, 4) is 5.75 Å². The van der Waals surface area contributed by atoms with Gasteiger partial charge in [0.05, 0.1) is 11.1 Å². The fourth-order valence-corrected chi connectivity index (χ4v) is 1.92. The summed E-state index contributed by atoms with van der Waals surface area (Å²) in [5, 5.41) is 14.7. The summed E-state index contributed by atoms with van der Waals surface area (Å²) in [6.45, 7) is 6.43. The fourth-order valence-electron chi connectivity index (χ4n) is 1.69.